The average Bonchev–Trinajstić information content (AvgIpc) is 2.80. The number of hydrogen-bond acceptors (Lipinski definition) is 5. The van der Waals surface area contributed by atoms with E-state index >= 15 is 0 Å². The summed E-state index contributed by atoms with van der Waals surface area (Å²) >= 11 is 0. The molecule has 0 radical (unpaired) electrons. The van der Waals surface area contributed by atoms with Gasteiger partial charge in [0.1, 0.15) is 17.7 Å². The van der Waals surface area contributed by atoms with Crippen LogP contribution in [0.2, 0.25) is 0 Å². The normalized spacial score (nSPS) is 12.6. The van der Waals surface area contributed by atoms with Gasteiger partial charge in [0.05, 0.1) is 0 Å². The molecule has 9 heteroatoms. The predicted molar refractivity (Wildman–Crippen MR) is 141 cm³/mol. The number of nitrogens with one attached hydrogen (secondary N) is 2. The van der Waals surface area contributed by atoms with Crippen LogP contribution in [0.1, 0.15) is 70.5 Å². The van der Waals surface area contributed by atoms with E-state index in [1.807, 2.05) is 13.0 Å². The molecule has 0 saturated carbocycles. The molecule has 0 saturated heterocycles. The molecule has 0 aliphatic carbocycles. The summed E-state index contributed by atoms with van der Waals surface area (Å²) in [7, 11) is 0. The maximum Gasteiger partial charge on any atom is 0.408 e. The Morgan fingerprint density at radius 2 is 1.89 bits per heavy atom. The highest BCUT2D eigenvalue weighted by Gasteiger charge is 2.35. The van der Waals surface area contributed by atoms with Crippen molar-refractivity contribution in [1.29, 1.82) is 0 Å². The fraction of sp³-hybridized carbons (Fsp3) is 0.481. The average molecular weight is 501 g/mol. The van der Waals surface area contributed by atoms with E-state index in [-0.39, 0.29) is 25.3 Å². The van der Waals surface area contributed by atoms with Crippen LogP contribution in [0.4, 0.5) is 4.79 Å². The summed E-state index contributed by atoms with van der Waals surface area (Å²) in [6, 6.07) is 4.98. The van der Waals surface area contributed by atoms with Crippen LogP contribution < -0.4 is 16.4 Å². The van der Waals surface area contributed by atoms with Gasteiger partial charge in [-0.3, -0.25) is 14.4 Å². The van der Waals surface area contributed by atoms with E-state index in [4.69, 9.17) is 10.5 Å². The number of carbonyl (C=O) groups is 4. The Morgan fingerprint density at radius 3 is 2.44 bits per heavy atom. The van der Waals surface area contributed by atoms with Crippen molar-refractivity contribution in [2.75, 3.05) is 13.1 Å². The molecule has 0 fully saturated rings. The Bertz CT molecular complexity index is 938. The first-order chi connectivity index (χ1) is 16.9. The van der Waals surface area contributed by atoms with Gasteiger partial charge >= 0.3 is 6.09 Å². The number of nitrogens with zero attached hydrogens (tertiary/aromatic N) is 1. The molecule has 1 rings (SSSR count). The van der Waals surface area contributed by atoms with E-state index in [0.29, 0.717) is 12.1 Å². The number of nitrogens with two attached hydrogens (primary N) is 1. The highest BCUT2D eigenvalue weighted by atomic mass is 16.6. The lowest BCUT2D eigenvalue weighted by atomic mass is 9.99. The molecule has 1 aromatic rings. The van der Waals surface area contributed by atoms with Crippen LogP contribution in [0.3, 0.4) is 0 Å². The maximum atomic E-state index is 13.8. The van der Waals surface area contributed by atoms with Crippen molar-refractivity contribution >= 4 is 29.9 Å². The zero-order valence-electron chi connectivity index (χ0n) is 21.8. The summed E-state index contributed by atoms with van der Waals surface area (Å²) in [5.74, 6) is -1.56. The molecule has 1 aromatic carbocycles. The molecule has 198 valence electrons. The van der Waals surface area contributed by atoms with Crippen LogP contribution in [0, 0.1) is 0 Å². The van der Waals surface area contributed by atoms with E-state index in [1.54, 1.807) is 45.0 Å². The van der Waals surface area contributed by atoms with Crippen LogP contribution >= 0.6 is 0 Å². The number of hydrogen-bond donors (Lipinski definition) is 3. The highest BCUT2D eigenvalue weighted by Crippen LogP contribution is 2.25. The number of carbonyl (C=O) groups excluding carboxylic acids is 4. The lowest BCUT2D eigenvalue weighted by Gasteiger charge is -2.34. The molecule has 36 heavy (non-hydrogen) atoms. The third-order valence-corrected chi connectivity index (χ3v) is 5.13. The first-order valence-electron chi connectivity index (χ1n) is 12.1. The van der Waals surface area contributed by atoms with Crippen molar-refractivity contribution in [1.82, 2.24) is 15.5 Å². The second kappa shape index (κ2) is 14.7. The Balaban J connectivity index is 3.45. The summed E-state index contributed by atoms with van der Waals surface area (Å²) < 4.78 is 5.31. The summed E-state index contributed by atoms with van der Waals surface area (Å²) in [5.41, 5.74) is 5.86. The molecule has 0 aromatic heterocycles. The highest BCUT2D eigenvalue weighted by molar-refractivity contribution is 5.92. The van der Waals surface area contributed by atoms with E-state index in [2.05, 4.69) is 23.8 Å². The molecule has 2 unspecified atom stereocenters. The van der Waals surface area contributed by atoms with Gasteiger partial charge in [-0.05, 0) is 50.8 Å². The van der Waals surface area contributed by atoms with Gasteiger partial charge < -0.3 is 26.0 Å². The lowest BCUT2D eigenvalue weighted by molar-refractivity contribution is -0.142. The van der Waals surface area contributed by atoms with Crippen LogP contribution in [0.25, 0.3) is 6.08 Å². The van der Waals surface area contributed by atoms with Gasteiger partial charge in [-0.2, -0.15) is 0 Å². The minimum atomic E-state index is -1.15. The monoisotopic (exact) mass is 500 g/mol. The van der Waals surface area contributed by atoms with E-state index in [1.165, 1.54) is 11.0 Å². The van der Waals surface area contributed by atoms with Crippen LogP contribution in [0.5, 0.6) is 0 Å². The summed E-state index contributed by atoms with van der Waals surface area (Å²) in [6.45, 7) is 15.1. The van der Waals surface area contributed by atoms with Crippen LogP contribution in [-0.2, 0) is 19.1 Å². The van der Waals surface area contributed by atoms with Crippen LogP contribution in [0.15, 0.2) is 43.5 Å². The predicted octanol–water partition coefficient (Wildman–Crippen LogP) is 3.46. The number of benzene rings is 1. The lowest BCUT2D eigenvalue weighted by Crippen LogP contribution is -2.53. The van der Waals surface area contributed by atoms with E-state index in [0.717, 1.165) is 18.4 Å². The van der Waals surface area contributed by atoms with Crippen molar-refractivity contribution in [3.8, 4) is 0 Å². The molecule has 4 N–H and O–H groups in total. The Kier molecular flexibility index (Phi) is 12.4. The third kappa shape index (κ3) is 10.3. The molecule has 0 bridgehead atoms. The second-order valence-electron chi connectivity index (χ2n) is 9.40. The van der Waals surface area contributed by atoms with Crippen LogP contribution in [-0.4, -0.2) is 53.4 Å². The second-order valence-corrected chi connectivity index (χ2v) is 9.40. The number of primary amides is 1. The minimum absolute atomic E-state index is 0.0199. The standard InChI is InChI=1S/C27H40N4O5/c1-7-10-16-29-24(33)23(20-13-11-12-19(9-3)18-20)31(17-8-2)25(34)21(14-15-22(28)32)30-26(35)36-27(4,5)6/h8-9,11-13,18,21,23H,2-3,7,10,14-17H2,1,4-6H3,(H2,28,32)(H,29,33)(H,30,35). The Morgan fingerprint density at radius 1 is 1.19 bits per heavy atom. The number of rotatable bonds is 14. The topological polar surface area (TPSA) is 131 Å². The summed E-state index contributed by atoms with van der Waals surface area (Å²) in [6.07, 6.45) is 3.80. The van der Waals surface area contributed by atoms with Gasteiger partial charge in [0, 0.05) is 19.5 Å². The van der Waals surface area contributed by atoms with Gasteiger partial charge in [-0.1, -0.05) is 50.3 Å². The number of alkyl carbamates (subject to hydrolysis) is 1. The van der Waals surface area contributed by atoms with Crippen molar-refractivity contribution in [3.05, 3.63) is 54.6 Å². The van der Waals surface area contributed by atoms with Gasteiger partial charge in [-0.25, -0.2) is 4.79 Å². The first kappa shape index (κ1) is 30.4. The summed E-state index contributed by atoms with van der Waals surface area (Å²) in [5, 5.41) is 5.44. The third-order valence-electron chi connectivity index (χ3n) is 5.13. The number of amides is 4. The molecule has 2 atom stereocenters. The SMILES string of the molecule is C=CCN(C(=O)C(CCC(N)=O)NC(=O)OC(C)(C)C)C(C(=O)NCCCC)c1cccc(C=C)c1. The molecule has 0 aliphatic heterocycles. The minimum Gasteiger partial charge on any atom is -0.444 e. The maximum absolute atomic E-state index is 13.8. The molecule has 0 aliphatic rings. The van der Waals surface area contributed by atoms with Gasteiger partial charge in [0.15, 0.2) is 0 Å². The fourth-order valence-electron chi connectivity index (χ4n) is 3.47. The van der Waals surface area contributed by atoms with Crippen molar-refractivity contribution < 1.29 is 23.9 Å². The smallest absolute Gasteiger partial charge is 0.408 e. The van der Waals surface area contributed by atoms with Gasteiger partial charge in [0.2, 0.25) is 17.7 Å². The zero-order valence-corrected chi connectivity index (χ0v) is 21.8. The number of unbranched alkanes of at least 4 members (excludes halogenated alkanes) is 1. The largest absolute Gasteiger partial charge is 0.444 e. The van der Waals surface area contributed by atoms with Gasteiger partial charge in [0.25, 0.3) is 0 Å². The quantitative estimate of drug-likeness (QED) is 0.266. The molecule has 0 heterocycles. The van der Waals surface area contributed by atoms with Crippen molar-refractivity contribution in [2.24, 2.45) is 5.73 Å². The molecule has 9 nitrogen and oxygen atoms in total. The first-order valence-corrected chi connectivity index (χ1v) is 12.1. The molecule has 0 spiro atoms. The number of ether oxygens (including phenoxy) is 1. The molecular formula is C27H40N4O5. The Labute approximate surface area is 214 Å². The van der Waals surface area contributed by atoms with E-state index in [9.17, 15) is 19.2 Å². The zero-order chi connectivity index (χ0) is 27.3. The fourth-order valence-corrected chi connectivity index (χ4v) is 3.47. The van der Waals surface area contributed by atoms with Gasteiger partial charge in [-0.15, -0.1) is 6.58 Å². The summed E-state index contributed by atoms with van der Waals surface area (Å²) in [4.78, 5) is 52.5. The Hall–Kier alpha value is -3.62. The van der Waals surface area contributed by atoms with Crippen molar-refractivity contribution in [3.63, 3.8) is 0 Å². The molecule has 4 amide bonds. The van der Waals surface area contributed by atoms with Crippen molar-refractivity contribution in [2.45, 2.75) is 71.1 Å². The van der Waals surface area contributed by atoms with E-state index < -0.39 is 35.6 Å². The molecular weight excluding hydrogens is 460 g/mol.